The van der Waals surface area contributed by atoms with E-state index in [9.17, 15) is 9.59 Å². The summed E-state index contributed by atoms with van der Waals surface area (Å²) < 4.78 is 10.4. The van der Waals surface area contributed by atoms with Crippen LogP contribution in [0.4, 0.5) is 5.82 Å². The molecule has 0 saturated carbocycles. The van der Waals surface area contributed by atoms with Gasteiger partial charge in [-0.25, -0.2) is 4.98 Å². The molecule has 21 heavy (non-hydrogen) atoms. The Labute approximate surface area is 123 Å². The number of thioether (sulfide) groups is 1. The maximum Gasteiger partial charge on any atom is 0.253 e. The highest BCUT2D eigenvalue weighted by Crippen LogP contribution is 2.32. The molecule has 0 spiro atoms. The number of nitrogens with zero attached hydrogens (tertiary/aromatic N) is 1. The Morgan fingerprint density at radius 3 is 2.95 bits per heavy atom. The van der Waals surface area contributed by atoms with Crippen molar-refractivity contribution in [1.82, 2.24) is 9.97 Å². The molecule has 108 valence electrons. The van der Waals surface area contributed by atoms with Crippen LogP contribution in [0, 0.1) is 0 Å². The number of anilines is 1. The van der Waals surface area contributed by atoms with Crippen molar-refractivity contribution in [3.63, 3.8) is 0 Å². The summed E-state index contributed by atoms with van der Waals surface area (Å²) in [5.74, 6) is 1.33. The Kier molecular flexibility index (Phi) is 3.53. The summed E-state index contributed by atoms with van der Waals surface area (Å²) in [7, 11) is 0. The maximum atomic E-state index is 12.1. The number of H-pyrrole nitrogens is 1. The van der Waals surface area contributed by atoms with E-state index in [2.05, 4.69) is 9.97 Å². The predicted molar refractivity (Wildman–Crippen MR) is 76.9 cm³/mol. The van der Waals surface area contributed by atoms with E-state index in [1.165, 1.54) is 6.07 Å². The van der Waals surface area contributed by atoms with Crippen molar-refractivity contribution in [1.29, 1.82) is 0 Å². The van der Waals surface area contributed by atoms with E-state index in [4.69, 9.17) is 15.2 Å². The van der Waals surface area contributed by atoms with Gasteiger partial charge in [0.2, 0.25) is 6.79 Å². The van der Waals surface area contributed by atoms with Gasteiger partial charge in [0, 0.05) is 11.6 Å². The normalized spacial score (nSPS) is 12.4. The van der Waals surface area contributed by atoms with Crippen molar-refractivity contribution in [3.8, 4) is 11.5 Å². The Morgan fingerprint density at radius 2 is 2.14 bits per heavy atom. The fourth-order valence-electron chi connectivity index (χ4n) is 1.81. The molecule has 0 atom stereocenters. The highest BCUT2D eigenvalue weighted by Gasteiger charge is 2.16. The van der Waals surface area contributed by atoms with Crippen LogP contribution >= 0.6 is 11.8 Å². The number of aromatic nitrogens is 2. The number of benzene rings is 1. The maximum absolute atomic E-state index is 12.1. The second-order valence-corrected chi connectivity index (χ2v) is 5.22. The Morgan fingerprint density at radius 1 is 1.33 bits per heavy atom. The van der Waals surface area contributed by atoms with Crippen molar-refractivity contribution in [2.45, 2.75) is 5.16 Å². The number of carbonyl (C=O) groups excluding carboxylic acids is 1. The van der Waals surface area contributed by atoms with E-state index in [-0.39, 0.29) is 29.7 Å². The van der Waals surface area contributed by atoms with Gasteiger partial charge in [-0.15, -0.1) is 0 Å². The minimum absolute atomic E-state index is 0.108. The highest BCUT2D eigenvalue weighted by molar-refractivity contribution is 7.99. The van der Waals surface area contributed by atoms with Crippen LogP contribution in [0.2, 0.25) is 0 Å². The van der Waals surface area contributed by atoms with E-state index in [0.29, 0.717) is 22.2 Å². The molecule has 1 aliphatic rings. The molecule has 0 saturated heterocycles. The lowest BCUT2D eigenvalue weighted by molar-refractivity contribution is 0.102. The molecule has 1 aromatic carbocycles. The molecule has 0 unspecified atom stereocenters. The van der Waals surface area contributed by atoms with E-state index >= 15 is 0 Å². The summed E-state index contributed by atoms with van der Waals surface area (Å²) in [4.78, 5) is 29.8. The zero-order valence-electron chi connectivity index (χ0n) is 10.8. The van der Waals surface area contributed by atoms with E-state index in [1.54, 1.807) is 18.2 Å². The third-order valence-corrected chi connectivity index (χ3v) is 3.65. The second kappa shape index (κ2) is 5.49. The van der Waals surface area contributed by atoms with Crippen LogP contribution in [0.5, 0.6) is 11.5 Å². The molecule has 0 bridgehead atoms. The highest BCUT2D eigenvalue weighted by atomic mass is 32.2. The molecule has 1 aliphatic heterocycles. The minimum atomic E-state index is -0.347. The number of hydrogen-bond donors (Lipinski definition) is 2. The van der Waals surface area contributed by atoms with Gasteiger partial charge in [0.25, 0.3) is 5.56 Å². The number of fused-ring (bicyclic) bond motifs is 1. The first-order chi connectivity index (χ1) is 10.1. The topological polar surface area (TPSA) is 107 Å². The number of nitrogens with one attached hydrogen (secondary N) is 1. The fourth-order valence-corrected chi connectivity index (χ4v) is 2.59. The van der Waals surface area contributed by atoms with Crippen molar-refractivity contribution >= 4 is 23.4 Å². The van der Waals surface area contributed by atoms with Crippen molar-refractivity contribution < 1.29 is 14.3 Å². The third-order valence-electron chi connectivity index (χ3n) is 2.77. The molecule has 0 aliphatic carbocycles. The molecule has 0 radical (unpaired) electrons. The lowest BCUT2D eigenvalue weighted by Crippen LogP contribution is -2.10. The van der Waals surface area contributed by atoms with Crippen molar-refractivity contribution in [2.24, 2.45) is 0 Å². The SMILES string of the molecule is Nc1cc(=O)[nH]c(SCC(=O)c2ccc3c(c2)OCO3)n1. The number of hydrogen-bond acceptors (Lipinski definition) is 7. The average molecular weight is 305 g/mol. The van der Waals surface area contributed by atoms with E-state index in [1.807, 2.05) is 0 Å². The first-order valence-electron chi connectivity index (χ1n) is 6.04. The quantitative estimate of drug-likeness (QED) is 0.494. The number of ether oxygens (including phenoxy) is 2. The lowest BCUT2D eigenvalue weighted by atomic mass is 10.1. The van der Waals surface area contributed by atoms with Crippen LogP contribution in [0.1, 0.15) is 10.4 Å². The van der Waals surface area contributed by atoms with Crippen LogP contribution in [0.15, 0.2) is 34.2 Å². The van der Waals surface area contributed by atoms with Gasteiger partial charge in [0.1, 0.15) is 5.82 Å². The lowest BCUT2D eigenvalue weighted by Gasteiger charge is -2.03. The third kappa shape index (κ3) is 3.00. The average Bonchev–Trinajstić information content (AvgIpc) is 2.91. The number of Topliss-reactive ketones (excluding diaryl/α,β-unsaturated/α-hetero) is 1. The zero-order valence-corrected chi connectivity index (χ0v) is 11.6. The Balaban J connectivity index is 1.70. The van der Waals surface area contributed by atoms with Crippen LogP contribution < -0.4 is 20.8 Å². The van der Waals surface area contributed by atoms with Crippen LogP contribution in [-0.2, 0) is 0 Å². The van der Waals surface area contributed by atoms with Gasteiger partial charge in [0.05, 0.1) is 5.75 Å². The number of carbonyl (C=O) groups is 1. The van der Waals surface area contributed by atoms with Gasteiger partial charge in [-0.1, -0.05) is 11.8 Å². The Hall–Kier alpha value is -2.48. The monoisotopic (exact) mass is 305 g/mol. The van der Waals surface area contributed by atoms with Gasteiger partial charge in [0.15, 0.2) is 22.4 Å². The van der Waals surface area contributed by atoms with Crippen LogP contribution in [0.3, 0.4) is 0 Å². The summed E-state index contributed by atoms with van der Waals surface area (Å²) >= 11 is 1.12. The van der Waals surface area contributed by atoms with Crippen molar-refractivity contribution in [3.05, 3.63) is 40.2 Å². The predicted octanol–water partition coefficient (Wildman–Crippen LogP) is 1.06. The number of ketones is 1. The summed E-state index contributed by atoms with van der Waals surface area (Å²) in [6.07, 6.45) is 0. The summed E-state index contributed by atoms with van der Waals surface area (Å²) in [6.45, 7) is 0.163. The molecule has 0 amide bonds. The van der Waals surface area contributed by atoms with E-state index in [0.717, 1.165) is 11.8 Å². The van der Waals surface area contributed by atoms with Gasteiger partial charge < -0.3 is 20.2 Å². The molecular formula is C13H11N3O4S. The van der Waals surface area contributed by atoms with Gasteiger partial charge in [-0.3, -0.25) is 9.59 Å². The molecule has 1 aromatic heterocycles. The molecule has 7 nitrogen and oxygen atoms in total. The molecule has 3 N–H and O–H groups in total. The number of nitrogens with two attached hydrogens (primary N) is 1. The van der Waals surface area contributed by atoms with Gasteiger partial charge >= 0.3 is 0 Å². The van der Waals surface area contributed by atoms with Crippen LogP contribution in [-0.4, -0.2) is 28.3 Å². The number of rotatable bonds is 4. The van der Waals surface area contributed by atoms with E-state index < -0.39 is 0 Å². The molecular weight excluding hydrogens is 294 g/mol. The first kappa shape index (κ1) is 13.5. The van der Waals surface area contributed by atoms with Crippen molar-refractivity contribution in [2.75, 3.05) is 18.3 Å². The second-order valence-electron chi connectivity index (χ2n) is 4.26. The zero-order chi connectivity index (χ0) is 14.8. The summed E-state index contributed by atoms with van der Waals surface area (Å²) in [5.41, 5.74) is 5.64. The fraction of sp³-hybridized carbons (Fsp3) is 0.154. The first-order valence-corrected chi connectivity index (χ1v) is 7.03. The smallest absolute Gasteiger partial charge is 0.253 e. The Bertz CT molecular complexity index is 759. The standard InChI is InChI=1S/C13H11N3O4S/c14-11-4-12(18)16-13(15-11)21-5-8(17)7-1-2-9-10(3-7)20-6-19-9/h1-4H,5-6H2,(H3,14,15,16,18). The minimum Gasteiger partial charge on any atom is -0.454 e. The molecule has 8 heteroatoms. The largest absolute Gasteiger partial charge is 0.454 e. The molecule has 0 fully saturated rings. The molecule has 3 rings (SSSR count). The number of nitrogen functional groups attached to an aromatic ring is 1. The van der Waals surface area contributed by atoms with Gasteiger partial charge in [-0.2, -0.15) is 0 Å². The summed E-state index contributed by atoms with van der Waals surface area (Å²) in [6, 6.07) is 6.19. The number of aromatic amines is 1. The molecule has 2 aromatic rings. The molecule has 2 heterocycles. The van der Waals surface area contributed by atoms with Crippen LogP contribution in [0.25, 0.3) is 0 Å². The van der Waals surface area contributed by atoms with Gasteiger partial charge in [-0.05, 0) is 18.2 Å². The summed E-state index contributed by atoms with van der Waals surface area (Å²) in [5, 5.41) is 0.314.